The molecule has 1 aromatic rings. The van der Waals surface area contributed by atoms with Crippen LogP contribution in [0.4, 0.5) is 0 Å². The SMILES string of the molecule is CCNC1CCS(=O)(=O)c2ccc(Cl)cc21. The molecule has 1 aromatic carbocycles. The van der Waals surface area contributed by atoms with E-state index in [9.17, 15) is 8.42 Å². The van der Waals surface area contributed by atoms with Crippen LogP contribution in [0, 0.1) is 0 Å². The van der Waals surface area contributed by atoms with Crippen LogP contribution in [0.25, 0.3) is 0 Å². The van der Waals surface area contributed by atoms with Gasteiger partial charge in [-0.1, -0.05) is 18.5 Å². The van der Waals surface area contributed by atoms with Crippen LogP contribution in [0.3, 0.4) is 0 Å². The topological polar surface area (TPSA) is 46.2 Å². The summed E-state index contributed by atoms with van der Waals surface area (Å²) >= 11 is 5.91. The number of fused-ring (bicyclic) bond motifs is 1. The van der Waals surface area contributed by atoms with E-state index in [1.807, 2.05) is 6.92 Å². The quantitative estimate of drug-likeness (QED) is 0.886. The van der Waals surface area contributed by atoms with E-state index < -0.39 is 9.84 Å². The zero-order valence-electron chi connectivity index (χ0n) is 9.03. The summed E-state index contributed by atoms with van der Waals surface area (Å²) in [6.07, 6.45) is 0.615. The van der Waals surface area contributed by atoms with Crippen LogP contribution < -0.4 is 5.32 Å². The lowest BCUT2D eigenvalue weighted by atomic mass is 10.0. The monoisotopic (exact) mass is 259 g/mol. The van der Waals surface area contributed by atoms with Gasteiger partial charge in [-0.05, 0) is 36.7 Å². The molecule has 88 valence electrons. The Kier molecular flexibility index (Phi) is 3.24. The maximum Gasteiger partial charge on any atom is 0.178 e. The largest absolute Gasteiger partial charge is 0.310 e. The first-order valence-electron chi connectivity index (χ1n) is 5.30. The van der Waals surface area contributed by atoms with Crippen LogP contribution >= 0.6 is 11.6 Å². The van der Waals surface area contributed by atoms with Crippen LogP contribution in [0.2, 0.25) is 5.02 Å². The Hall–Kier alpha value is -0.580. The minimum absolute atomic E-state index is 0.0993. The number of benzene rings is 1. The standard InChI is InChI=1S/C11H14ClNO2S/c1-2-13-10-5-6-16(14,15)11-4-3-8(12)7-9(10)11/h3-4,7,10,13H,2,5-6H2,1H3. The van der Waals surface area contributed by atoms with Gasteiger partial charge in [-0.25, -0.2) is 8.42 Å². The Labute approximate surface area is 101 Å². The number of halogens is 1. The molecular weight excluding hydrogens is 246 g/mol. The predicted molar refractivity (Wildman–Crippen MR) is 64.5 cm³/mol. The van der Waals surface area contributed by atoms with Crippen LogP contribution in [0.15, 0.2) is 23.1 Å². The van der Waals surface area contributed by atoms with Crippen molar-refractivity contribution in [3.05, 3.63) is 28.8 Å². The van der Waals surface area contributed by atoms with Gasteiger partial charge in [0, 0.05) is 11.1 Å². The molecule has 0 aromatic heterocycles. The van der Waals surface area contributed by atoms with Gasteiger partial charge in [-0.15, -0.1) is 0 Å². The molecule has 16 heavy (non-hydrogen) atoms. The van der Waals surface area contributed by atoms with Crippen molar-refractivity contribution in [3.8, 4) is 0 Å². The van der Waals surface area contributed by atoms with Crippen molar-refractivity contribution in [3.63, 3.8) is 0 Å². The summed E-state index contributed by atoms with van der Waals surface area (Å²) in [5.74, 6) is 0.208. The fourth-order valence-electron chi connectivity index (χ4n) is 2.07. The minimum Gasteiger partial charge on any atom is -0.310 e. The van der Waals surface area contributed by atoms with Crippen molar-refractivity contribution in [2.24, 2.45) is 0 Å². The van der Waals surface area contributed by atoms with E-state index in [2.05, 4.69) is 5.32 Å². The first-order valence-corrected chi connectivity index (χ1v) is 7.33. The molecule has 3 nitrogen and oxygen atoms in total. The third-order valence-electron chi connectivity index (χ3n) is 2.81. The fourth-order valence-corrected chi connectivity index (χ4v) is 3.85. The van der Waals surface area contributed by atoms with Crippen molar-refractivity contribution in [1.29, 1.82) is 0 Å². The van der Waals surface area contributed by atoms with Crippen molar-refractivity contribution >= 4 is 21.4 Å². The molecule has 1 atom stereocenters. The fraction of sp³-hybridized carbons (Fsp3) is 0.455. The lowest BCUT2D eigenvalue weighted by molar-refractivity contribution is 0.505. The van der Waals surface area contributed by atoms with Gasteiger partial charge in [0.2, 0.25) is 0 Å². The Morgan fingerprint density at radius 3 is 2.94 bits per heavy atom. The number of sulfone groups is 1. The molecule has 0 aliphatic carbocycles. The molecule has 1 unspecified atom stereocenters. The van der Waals surface area contributed by atoms with Gasteiger partial charge in [0.25, 0.3) is 0 Å². The smallest absolute Gasteiger partial charge is 0.178 e. The molecule has 1 aliphatic heterocycles. The lowest BCUT2D eigenvalue weighted by Crippen LogP contribution is -2.29. The maximum absolute atomic E-state index is 11.9. The molecule has 0 fully saturated rings. The zero-order valence-corrected chi connectivity index (χ0v) is 10.6. The van der Waals surface area contributed by atoms with E-state index in [4.69, 9.17) is 11.6 Å². The Balaban J connectivity index is 2.54. The number of rotatable bonds is 2. The van der Waals surface area contributed by atoms with E-state index in [0.29, 0.717) is 16.3 Å². The average Bonchev–Trinajstić information content (AvgIpc) is 2.22. The molecule has 0 bridgehead atoms. The predicted octanol–water partition coefficient (Wildman–Crippen LogP) is 2.17. The molecule has 0 saturated carbocycles. The molecule has 1 heterocycles. The third kappa shape index (κ3) is 2.10. The van der Waals surface area contributed by atoms with Gasteiger partial charge in [-0.2, -0.15) is 0 Å². The van der Waals surface area contributed by atoms with E-state index >= 15 is 0 Å². The van der Waals surface area contributed by atoms with Gasteiger partial charge in [0.05, 0.1) is 10.6 Å². The Bertz CT molecular complexity index is 499. The van der Waals surface area contributed by atoms with Gasteiger partial charge in [0.15, 0.2) is 9.84 Å². The molecule has 0 spiro atoms. The van der Waals surface area contributed by atoms with E-state index in [-0.39, 0.29) is 11.8 Å². The molecule has 0 radical (unpaired) electrons. The van der Waals surface area contributed by atoms with Crippen LogP contribution in [-0.2, 0) is 9.84 Å². The first kappa shape index (κ1) is 11.9. The molecule has 1 aliphatic rings. The van der Waals surface area contributed by atoms with Crippen molar-refractivity contribution in [2.75, 3.05) is 12.3 Å². The van der Waals surface area contributed by atoms with Gasteiger partial charge in [-0.3, -0.25) is 0 Å². The second-order valence-corrected chi connectivity index (χ2v) is 6.41. The molecule has 2 rings (SSSR count). The maximum atomic E-state index is 11.9. The summed E-state index contributed by atoms with van der Waals surface area (Å²) in [6, 6.07) is 5.09. The highest BCUT2D eigenvalue weighted by atomic mass is 35.5. The summed E-state index contributed by atoms with van der Waals surface area (Å²) in [7, 11) is -3.11. The Morgan fingerprint density at radius 2 is 2.25 bits per heavy atom. The van der Waals surface area contributed by atoms with Gasteiger partial charge >= 0.3 is 0 Å². The van der Waals surface area contributed by atoms with Crippen molar-refractivity contribution in [2.45, 2.75) is 24.3 Å². The lowest BCUT2D eigenvalue weighted by Gasteiger charge is -2.26. The summed E-state index contributed by atoms with van der Waals surface area (Å²) < 4.78 is 23.7. The summed E-state index contributed by atoms with van der Waals surface area (Å²) in [4.78, 5) is 0.425. The molecule has 1 N–H and O–H groups in total. The summed E-state index contributed by atoms with van der Waals surface area (Å²) in [5.41, 5.74) is 0.806. The van der Waals surface area contributed by atoms with Crippen LogP contribution in [-0.4, -0.2) is 20.7 Å². The molecule has 5 heteroatoms. The highest BCUT2D eigenvalue weighted by molar-refractivity contribution is 7.91. The molecule has 0 saturated heterocycles. The van der Waals surface area contributed by atoms with E-state index in [1.54, 1.807) is 18.2 Å². The molecule has 0 amide bonds. The van der Waals surface area contributed by atoms with E-state index in [1.165, 1.54) is 0 Å². The number of hydrogen-bond donors (Lipinski definition) is 1. The summed E-state index contributed by atoms with van der Waals surface area (Å²) in [6.45, 7) is 2.82. The first-order chi connectivity index (χ1) is 7.54. The van der Waals surface area contributed by atoms with Crippen molar-refractivity contribution < 1.29 is 8.42 Å². The second-order valence-electron chi connectivity index (χ2n) is 3.90. The van der Waals surface area contributed by atoms with Gasteiger partial charge < -0.3 is 5.32 Å². The average molecular weight is 260 g/mol. The normalized spacial score (nSPS) is 22.8. The number of nitrogens with one attached hydrogen (secondary N) is 1. The van der Waals surface area contributed by atoms with Gasteiger partial charge in [0.1, 0.15) is 0 Å². The van der Waals surface area contributed by atoms with Crippen LogP contribution in [0.5, 0.6) is 0 Å². The summed E-state index contributed by atoms with van der Waals surface area (Å²) in [5, 5.41) is 3.86. The third-order valence-corrected chi connectivity index (χ3v) is 4.86. The highest BCUT2D eigenvalue weighted by Crippen LogP contribution is 2.33. The van der Waals surface area contributed by atoms with E-state index in [0.717, 1.165) is 12.1 Å². The number of hydrogen-bond acceptors (Lipinski definition) is 3. The highest BCUT2D eigenvalue weighted by Gasteiger charge is 2.29. The second kappa shape index (κ2) is 4.35. The molecular formula is C11H14ClNO2S. The minimum atomic E-state index is -3.11. The zero-order chi connectivity index (χ0) is 11.8. The Morgan fingerprint density at radius 1 is 1.50 bits per heavy atom. The van der Waals surface area contributed by atoms with Crippen molar-refractivity contribution in [1.82, 2.24) is 5.32 Å². The van der Waals surface area contributed by atoms with Crippen LogP contribution in [0.1, 0.15) is 24.9 Å².